The molecule has 1 saturated carbocycles. The van der Waals surface area contributed by atoms with Crippen LogP contribution in [0.1, 0.15) is 36.9 Å². The van der Waals surface area contributed by atoms with E-state index < -0.39 is 11.7 Å². The van der Waals surface area contributed by atoms with Crippen LogP contribution in [0.2, 0.25) is 0 Å². The average Bonchev–Trinajstić information content (AvgIpc) is 2.26. The number of ether oxygens (including phenoxy) is 1. The molecule has 0 saturated heterocycles. The second-order valence-corrected chi connectivity index (χ2v) is 4.58. The van der Waals surface area contributed by atoms with Crippen molar-refractivity contribution in [3.63, 3.8) is 0 Å². The minimum absolute atomic E-state index is 0.0864. The molecule has 1 aliphatic rings. The van der Waals surface area contributed by atoms with E-state index in [0.717, 1.165) is 18.3 Å². The summed E-state index contributed by atoms with van der Waals surface area (Å²) in [5.41, 5.74) is -0.299. The molecule has 0 amide bonds. The van der Waals surface area contributed by atoms with Gasteiger partial charge in [-0.25, -0.2) is 0 Å². The highest BCUT2D eigenvalue weighted by Crippen LogP contribution is 2.42. The predicted octanol–water partition coefficient (Wildman–Crippen LogP) is 3.16. The first-order chi connectivity index (χ1) is 8.91. The van der Waals surface area contributed by atoms with E-state index in [4.69, 9.17) is 4.74 Å². The Hall–Kier alpha value is -1.59. The molecule has 1 fully saturated rings. The molecule has 1 aliphatic carbocycles. The van der Waals surface area contributed by atoms with Crippen LogP contribution in [-0.4, -0.2) is 17.6 Å². The first-order valence-corrected chi connectivity index (χ1v) is 6.11. The van der Waals surface area contributed by atoms with Gasteiger partial charge in [-0.2, -0.15) is 13.2 Å². The number of rotatable bonds is 3. The molecule has 0 aromatic carbocycles. The molecule has 1 aromatic heterocycles. The van der Waals surface area contributed by atoms with Crippen LogP contribution in [0.15, 0.2) is 18.3 Å². The molecule has 0 radical (unpaired) electrons. The van der Waals surface area contributed by atoms with E-state index in [0.29, 0.717) is 25.1 Å². The van der Waals surface area contributed by atoms with E-state index in [2.05, 4.69) is 4.98 Å². The minimum atomic E-state index is -4.36. The summed E-state index contributed by atoms with van der Waals surface area (Å²) in [5, 5.41) is 0. The summed E-state index contributed by atoms with van der Waals surface area (Å²) in [6.45, 7) is 2.05. The first-order valence-electron chi connectivity index (χ1n) is 6.11. The fraction of sp³-hybridized carbons (Fsp3) is 0.538. The third kappa shape index (κ3) is 3.05. The summed E-state index contributed by atoms with van der Waals surface area (Å²) in [6.07, 6.45) is -2.18. The number of hydrogen-bond donors (Lipinski definition) is 0. The zero-order chi connectivity index (χ0) is 14.0. The molecule has 0 aliphatic heterocycles. The Kier molecular flexibility index (Phi) is 3.78. The minimum Gasteiger partial charge on any atom is -0.466 e. The van der Waals surface area contributed by atoms with Crippen molar-refractivity contribution >= 4 is 5.97 Å². The normalized spacial score (nSPS) is 22.7. The van der Waals surface area contributed by atoms with Gasteiger partial charge in [0.1, 0.15) is 0 Å². The maximum absolute atomic E-state index is 12.6. The zero-order valence-corrected chi connectivity index (χ0v) is 10.4. The molecule has 19 heavy (non-hydrogen) atoms. The maximum Gasteiger partial charge on any atom is 0.416 e. The molecule has 1 heterocycles. The number of hydrogen-bond acceptors (Lipinski definition) is 3. The van der Waals surface area contributed by atoms with E-state index >= 15 is 0 Å². The van der Waals surface area contributed by atoms with E-state index in [9.17, 15) is 18.0 Å². The standard InChI is InChI=1S/C13H14F3NO2/c1-2-19-12(18)9-5-8(6-9)11-7-10(3-4-17-11)13(14,15)16/h3-4,7-9H,2,5-6H2,1H3. The van der Waals surface area contributed by atoms with Crippen LogP contribution >= 0.6 is 0 Å². The number of esters is 1. The highest BCUT2D eigenvalue weighted by molar-refractivity contribution is 5.73. The van der Waals surface area contributed by atoms with Crippen LogP contribution in [0.5, 0.6) is 0 Å². The lowest BCUT2D eigenvalue weighted by atomic mass is 9.73. The number of carbonyl (C=O) groups excluding carboxylic acids is 1. The monoisotopic (exact) mass is 273 g/mol. The Balaban J connectivity index is 2.00. The lowest BCUT2D eigenvalue weighted by Crippen LogP contribution is -2.31. The molecule has 1 aromatic rings. The molecule has 0 unspecified atom stereocenters. The highest BCUT2D eigenvalue weighted by Gasteiger charge is 2.38. The van der Waals surface area contributed by atoms with Crippen LogP contribution < -0.4 is 0 Å². The van der Waals surface area contributed by atoms with Crippen LogP contribution in [0, 0.1) is 5.92 Å². The van der Waals surface area contributed by atoms with Gasteiger partial charge in [-0.3, -0.25) is 9.78 Å². The first kappa shape index (κ1) is 13.8. The molecule has 104 valence electrons. The second-order valence-electron chi connectivity index (χ2n) is 4.58. The number of aromatic nitrogens is 1. The highest BCUT2D eigenvalue weighted by atomic mass is 19.4. The van der Waals surface area contributed by atoms with Gasteiger partial charge in [-0.15, -0.1) is 0 Å². The smallest absolute Gasteiger partial charge is 0.416 e. The van der Waals surface area contributed by atoms with Crippen molar-refractivity contribution in [2.75, 3.05) is 6.61 Å². The largest absolute Gasteiger partial charge is 0.466 e. The molecule has 0 N–H and O–H groups in total. The van der Waals surface area contributed by atoms with E-state index in [1.54, 1.807) is 6.92 Å². The Morgan fingerprint density at radius 3 is 2.74 bits per heavy atom. The van der Waals surface area contributed by atoms with E-state index in [-0.39, 0.29) is 17.8 Å². The van der Waals surface area contributed by atoms with Gasteiger partial charge in [0.15, 0.2) is 0 Å². The molecule has 2 rings (SSSR count). The molecular weight excluding hydrogens is 259 g/mol. The van der Waals surface area contributed by atoms with Crippen molar-refractivity contribution in [1.82, 2.24) is 4.98 Å². The number of alkyl halides is 3. The van der Waals surface area contributed by atoms with Crippen molar-refractivity contribution in [3.8, 4) is 0 Å². The van der Waals surface area contributed by atoms with Gasteiger partial charge in [-0.05, 0) is 31.9 Å². The van der Waals surface area contributed by atoms with Crippen LogP contribution in [0.3, 0.4) is 0 Å². The summed E-state index contributed by atoms with van der Waals surface area (Å²) in [5.74, 6) is -0.566. The summed E-state index contributed by atoms with van der Waals surface area (Å²) < 4.78 is 42.5. The Morgan fingerprint density at radius 2 is 2.16 bits per heavy atom. The molecule has 0 spiro atoms. The van der Waals surface area contributed by atoms with E-state index in [1.807, 2.05) is 0 Å². The fourth-order valence-corrected chi connectivity index (χ4v) is 2.16. The summed E-state index contributed by atoms with van der Waals surface area (Å²) in [6, 6.07) is 2.01. The Morgan fingerprint density at radius 1 is 1.47 bits per heavy atom. The van der Waals surface area contributed by atoms with Gasteiger partial charge in [0.25, 0.3) is 0 Å². The third-order valence-electron chi connectivity index (χ3n) is 3.28. The second kappa shape index (κ2) is 5.19. The van der Waals surface area contributed by atoms with Crippen molar-refractivity contribution in [1.29, 1.82) is 0 Å². The molecular formula is C13H14F3NO2. The number of carbonyl (C=O) groups is 1. The Bertz CT molecular complexity index is 467. The van der Waals surface area contributed by atoms with Crippen molar-refractivity contribution in [2.24, 2.45) is 5.92 Å². The Labute approximate surface area is 108 Å². The van der Waals surface area contributed by atoms with Gasteiger partial charge in [0.05, 0.1) is 18.1 Å². The summed E-state index contributed by atoms with van der Waals surface area (Å²) in [4.78, 5) is 15.4. The SMILES string of the molecule is CCOC(=O)C1CC(c2cc(C(F)(F)F)ccn2)C1. The van der Waals surface area contributed by atoms with Crippen LogP contribution in [-0.2, 0) is 15.7 Å². The van der Waals surface area contributed by atoms with Crippen molar-refractivity contribution in [3.05, 3.63) is 29.6 Å². The number of nitrogens with zero attached hydrogens (tertiary/aromatic N) is 1. The van der Waals surface area contributed by atoms with Crippen LogP contribution in [0.4, 0.5) is 13.2 Å². The number of pyridine rings is 1. The predicted molar refractivity (Wildman–Crippen MR) is 61.3 cm³/mol. The van der Waals surface area contributed by atoms with Gasteiger partial charge in [0, 0.05) is 17.8 Å². The summed E-state index contributed by atoms with van der Waals surface area (Å²) in [7, 11) is 0. The molecule has 0 atom stereocenters. The summed E-state index contributed by atoms with van der Waals surface area (Å²) >= 11 is 0. The quantitative estimate of drug-likeness (QED) is 0.794. The maximum atomic E-state index is 12.6. The third-order valence-corrected chi connectivity index (χ3v) is 3.28. The van der Waals surface area contributed by atoms with Gasteiger partial charge in [-0.1, -0.05) is 0 Å². The lowest BCUT2D eigenvalue weighted by Gasteiger charge is -2.33. The number of halogens is 3. The lowest BCUT2D eigenvalue weighted by molar-refractivity contribution is -0.151. The van der Waals surface area contributed by atoms with Crippen LogP contribution in [0.25, 0.3) is 0 Å². The topological polar surface area (TPSA) is 39.2 Å². The average molecular weight is 273 g/mol. The van der Waals surface area contributed by atoms with Crippen molar-refractivity contribution in [2.45, 2.75) is 31.9 Å². The van der Waals surface area contributed by atoms with Gasteiger partial charge < -0.3 is 4.74 Å². The van der Waals surface area contributed by atoms with Gasteiger partial charge >= 0.3 is 12.1 Å². The fourth-order valence-electron chi connectivity index (χ4n) is 2.16. The molecule has 3 nitrogen and oxygen atoms in total. The van der Waals surface area contributed by atoms with Crippen molar-refractivity contribution < 1.29 is 22.7 Å². The zero-order valence-electron chi connectivity index (χ0n) is 10.4. The van der Waals surface area contributed by atoms with E-state index in [1.165, 1.54) is 0 Å². The molecule has 0 bridgehead atoms. The molecule has 6 heteroatoms. The van der Waals surface area contributed by atoms with Gasteiger partial charge in [0.2, 0.25) is 0 Å².